The van der Waals surface area contributed by atoms with E-state index in [0.29, 0.717) is 6.04 Å². The van der Waals surface area contributed by atoms with E-state index >= 15 is 0 Å². The van der Waals surface area contributed by atoms with Gasteiger partial charge in [-0.05, 0) is 39.4 Å². The van der Waals surface area contributed by atoms with Gasteiger partial charge in [-0.15, -0.1) is 0 Å². The summed E-state index contributed by atoms with van der Waals surface area (Å²) in [5, 5.41) is 6.78. The Kier molecular flexibility index (Phi) is 4.75. The van der Waals surface area contributed by atoms with Crippen molar-refractivity contribution in [3.63, 3.8) is 0 Å². The molecule has 1 aromatic rings. The molecule has 5 heteroatoms. The summed E-state index contributed by atoms with van der Waals surface area (Å²) >= 11 is 0. The fourth-order valence-corrected chi connectivity index (χ4v) is 2.15. The third kappa shape index (κ3) is 3.84. The van der Waals surface area contributed by atoms with Crippen LogP contribution in [0, 0.1) is 0 Å². The molecule has 2 heterocycles. The van der Waals surface area contributed by atoms with Crippen molar-refractivity contribution in [2.45, 2.75) is 32.2 Å². The van der Waals surface area contributed by atoms with Crippen molar-refractivity contribution in [3.05, 3.63) is 12.4 Å². The van der Waals surface area contributed by atoms with E-state index in [2.05, 4.69) is 39.5 Å². The molecule has 0 amide bonds. The zero-order valence-electron chi connectivity index (χ0n) is 11.3. The van der Waals surface area contributed by atoms with Gasteiger partial charge in [0.15, 0.2) is 0 Å². The number of nitrogens with zero attached hydrogens (tertiary/aromatic N) is 3. The number of aromatic nitrogens is 2. The Morgan fingerprint density at radius 3 is 2.72 bits per heavy atom. The highest BCUT2D eigenvalue weighted by Gasteiger charge is 2.16. The summed E-state index contributed by atoms with van der Waals surface area (Å²) in [7, 11) is 2.17. The molecule has 0 unspecified atom stereocenters. The van der Waals surface area contributed by atoms with Crippen LogP contribution in [-0.2, 0) is 0 Å². The normalized spacial score (nSPS) is 17.7. The standard InChI is InChI=1S/C13H23N5/c1-3-6-14-12-9-13(16-10-15-12)17-11-4-7-18(2)8-5-11/h9-11H,3-8H2,1-2H3,(H2,14,15,16,17). The van der Waals surface area contributed by atoms with Gasteiger partial charge in [0.2, 0.25) is 0 Å². The lowest BCUT2D eigenvalue weighted by atomic mass is 10.1. The van der Waals surface area contributed by atoms with Crippen LogP contribution in [-0.4, -0.2) is 47.6 Å². The fourth-order valence-electron chi connectivity index (χ4n) is 2.15. The van der Waals surface area contributed by atoms with Crippen LogP contribution in [0.15, 0.2) is 12.4 Å². The van der Waals surface area contributed by atoms with Crippen molar-refractivity contribution < 1.29 is 0 Å². The van der Waals surface area contributed by atoms with Gasteiger partial charge in [-0.1, -0.05) is 6.92 Å². The van der Waals surface area contributed by atoms with Crippen LogP contribution < -0.4 is 10.6 Å². The van der Waals surface area contributed by atoms with Gasteiger partial charge in [0.1, 0.15) is 18.0 Å². The lowest BCUT2D eigenvalue weighted by molar-refractivity contribution is 0.263. The SMILES string of the molecule is CCCNc1cc(NC2CCN(C)CC2)ncn1. The third-order valence-corrected chi connectivity index (χ3v) is 3.29. The van der Waals surface area contributed by atoms with Crippen molar-refractivity contribution in [2.75, 3.05) is 37.3 Å². The highest BCUT2D eigenvalue weighted by atomic mass is 15.1. The molecule has 1 aromatic heterocycles. The number of nitrogens with one attached hydrogen (secondary N) is 2. The Hall–Kier alpha value is -1.36. The molecule has 1 aliphatic rings. The molecule has 0 aromatic carbocycles. The van der Waals surface area contributed by atoms with E-state index in [4.69, 9.17) is 0 Å². The van der Waals surface area contributed by atoms with Crippen molar-refractivity contribution in [2.24, 2.45) is 0 Å². The maximum atomic E-state index is 4.28. The zero-order valence-corrected chi connectivity index (χ0v) is 11.3. The molecule has 2 rings (SSSR count). The molecule has 0 aliphatic carbocycles. The lowest BCUT2D eigenvalue weighted by Gasteiger charge is -2.29. The van der Waals surface area contributed by atoms with E-state index in [-0.39, 0.29) is 0 Å². The van der Waals surface area contributed by atoms with Crippen molar-refractivity contribution in [1.29, 1.82) is 0 Å². The summed E-state index contributed by atoms with van der Waals surface area (Å²) < 4.78 is 0. The second-order valence-electron chi connectivity index (χ2n) is 4.94. The maximum Gasteiger partial charge on any atom is 0.131 e. The predicted molar refractivity (Wildman–Crippen MR) is 75.0 cm³/mol. The van der Waals surface area contributed by atoms with Crippen molar-refractivity contribution in [1.82, 2.24) is 14.9 Å². The second-order valence-corrected chi connectivity index (χ2v) is 4.94. The number of piperidine rings is 1. The van der Waals surface area contributed by atoms with Crippen LogP contribution >= 0.6 is 0 Å². The molecule has 100 valence electrons. The van der Waals surface area contributed by atoms with E-state index in [9.17, 15) is 0 Å². The highest BCUT2D eigenvalue weighted by Crippen LogP contribution is 2.15. The average Bonchev–Trinajstić information content (AvgIpc) is 2.40. The lowest BCUT2D eigenvalue weighted by Crippen LogP contribution is -2.36. The minimum Gasteiger partial charge on any atom is -0.370 e. The van der Waals surface area contributed by atoms with E-state index in [0.717, 1.165) is 37.7 Å². The summed E-state index contributed by atoms with van der Waals surface area (Å²) in [4.78, 5) is 10.9. The largest absolute Gasteiger partial charge is 0.370 e. The molecule has 2 N–H and O–H groups in total. The van der Waals surface area contributed by atoms with Crippen LogP contribution in [0.4, 0.5) is 11.6 Å². The summed E-state index contributed by atoms with van der Waals surface area (Å²) in [5.74, 6) is 1.83. The molecular weight excluding hydrogens is 226 g/mol. The van der Waals surface area contributed by atoms with Gasteiger partial charge in [0, 0.05) is 18.7 Å². The maximum absolute atomic E-state index is 4.28. The molecule has 1 aliphatic heterocycles. The molecule has 0 spiro atoms. The van der Waals surface area contributed by atoms with Crippen molar-refractivity contribution >= 4 is 11.6 Å². The van der Waals surface area contributed by atoms with Crippen LogP contribution in [0.1, 0.15) is 26.2 Å². The van der Waals surface area contributed by atoms with Crippen LogP contribution in [0.5, 0.6) is 0 Å². The van der Waals surface area contributed by atoms with Gasteiger partial charge in [0.25, 0.3) is 0 Å². The second kappa shape index (κ2) is 6.54. The predicted octanol–water partition coefficient (Wildman–Crippen LogP) is 1.80. The number of hydrogen-bond acceptors (Lipinski definition) is 5. The molecular formula is C13H23N5. The molecule has 1 saturated heterocycles. The minimum atomic E-state index is 0.537. The third-order valence-electron chi connectivity index (χ3n) is 3.29. The number of likely N-dealkylation sites (tertiary alicyclic amines) is 1. The van der Waals surface area contributed by atoms with Crippen LogP contribution in [0.3, 0.4) is 0 Å². The first-order chi connectivity index (χ1) is 8.78. The Bertz CT molecular complexity index is 360. The first kappa shape index (κ1) is 13.1. The zero-order chi connectivity index (χ0) is 12.8. The number of anilines is 2. The first-order valence-corrected chi connectivity index (χ1v) is 6.79. The van der Waals surface area contributed by atoms with E-state index < -0.39 is 0 Å². The molecule has 1 fully saturated rings. The van der Waals surface area contributed by atoms with Gasteiger partial charge in [0.05, 0.1) is 0 Å². The van der Waals surface area contributed by atoms with Gasteiger partial charge in [-0.25, -0.2) is 9.97 Å². The molecule has 18 heavy (non-hydrogen) atoms. The number of rotatable bonds is 5. The molecule has 0 saturated carbocycles. The average molecular weight is 249 g/mol. The molecule has 0 bridgehead atoms. The van der Waals surface area contributed by atoms with Crippen molar-refractivity contribution in [3.8, 4) is 0 Å². The summed E-state index contributed by atoms with van der Waals surface area (Å²) in [6.07, 6.45) is 5.08. The summed E-state index contributed by atoms with van der Waals surface area (Å²) in [5.41, 5.74) is 0. The Balaban J connectivity index is 1.88. The van der Waals surface area contributed by atoms with Gasteiger partial charge < -0.3 is 15.5 Å². The van der Waals surface area contributed by atoms with Crippen LogP contribution in [0.25, 0.3) is 0 Å². The highest BCUT2D eigenvalue weighted by molar-refractivity contribution is 5.46. The summed E-state index contributed by atoms with van der Waals surface area (Å²) in [6.45, 7) is 5.41. The molecule has 0 radical (unpaired) electrons. The monoisotopic (exact) mass is 249 g/mol. The van der Waals surface area contributed by atoms with Crippen LogP contribution in [0.2, 0.25) is 0 Å². The topological polar surface area (TPSA) is 53.1 Å². The van der Waals surface area contributed by atoms with Gasteiger partial charge in [-0.2, -0.15) is 0 Å². The molecule has 5 nitrogen and oxygen atoms in total. The quantitative estimate of drug-likeness (QED) is 0.833. The Morgan fingerprint density at radius 1 is 1.28 bits per heavy atom. The Labute approximate surface area is 109 Å². The van der Waals surface area contributed by atoms with Gasteiger partial charge >= 0.3 is 0 Å². The van der Waals surface area contributed by atoms with Gasteiger partial charge in [-0.3, -0.25) is 0 Å². The first-order valence-electron chi connectivity index (χ1n) is 6.79. The Morgan fingerprint density at radius 2 is 2.00 bits per heavy atom. The molecule has 0 atom stereocenters. The summed E-state index contributed by atoms with van der Waals surface area (Å²) in [6, 6.07) is 2.53. The van der Waals surface area contributed by atoms with E-state index in [1.54, 1.807) is 6.33 Å². The smallest absolute Gasteiger partial charge is 0.131 e. The fraction of sp³-hybridized carbons (Fsp3) is 0.692. The van der Waals surface area contributed by atoms with E-state index in [1.807, 2.05) is 6.07 Å². The minimum absolute atomic E-state index is 0.537. The van der Waals surface area contributed by atoms with E-state index in [1.165, 1.54) is 12.8 Å². The number of hydrogen-bond donors (Lipinski definition) is 2.